The lowest BCUT2D eigenvalue weighted by Gasteiger charge is -2.24. The quantitative estimate of drug-likeness (QED) is 0.508. The van der Waals surface area contributed by atoms with Crippen molar-refractivity contribution < 1.29 is 9.90 Å². The van der Waals surface area contributed by atoms with Crippen LogP contribution in [0.5, 0.6) is 0 Å². The molecule has 5 nitrogen and oxygen atoms in total. The summed E-state index contributed by atoms with van der Waals surface area (Å²) in [5.74, 6) is -0.983. The van der Waals surface area contributed by atoms with E-state index in [1.807, 2.05) is 12.1 Å². The van der Waals surface area contributed by atoms with Gasteiger partial charge in [0.25, 0.3) is 0 Å². The van der Waals surface area contributed by atoms with Crippen molar-refractivity contribution in [3.63, 3.8) is 0 Å². The van der Waals surface area contributed by atoms with E-state index in [0.29, 0.717) is 37.3 Å². The SMILES string of the molecule is O=C(O)Cn1c2cc(NC3CCCCC3)ccc2c(=O)c2ccc(Cl)c(Br)c21. The molecule has 0 atom stereocenters. The van der Waals surface area contributed by atoms with E-state index >= 15 is 0 Å². The first-order valence-corrected chi connectivity index (χ1v) is 10.6. The molecular weight excluding hydrogens is 444 g/mol. The highest BCUT2D eigenvalue weighted by atomic mass is 79.9. The van der Waals surface area contributed by atoms with Crippen LogP contribution in [0.1, 0.15) is 32.1 Å². The van der Waals surface area contributed by atoms with Gasteiger partial charge in [-0.25, -0.2) is 0 Å². The number of anilines is 1. The summed E-state index contributed by atoms with van der Waals surface area (Å²) < 4.78 is 2.17. The molecule has 3 aromatic rings. The van der Waals surface area contributed by atoms with Crippen molar-refractivity contribution in [2.45, 2.75) is 44.7 Å². The van der Waals surface area contributed by atoms with Gasteiger partial charge in [0.05, 0.1) is 20.5 Å². The number of fused-ring (bicyclic) bond motifs is 2. The van der Waals surface area contributed by atoms with E-state index < -0.39 is 5.97 Å². The molecule has 2 N–H and O–H groups in total. The van der Waals surface area contributed by atoms with Crippen LogP contribution in [0.3, 0.4) is 0 Å². The molecule has 0 bridgehead atoms. The summed E-state index contributed by atoms with van der Waals surface area (Å²) in [7, 11) is 0. The molecule has 0 aliphatic heterocycles. The summed E-state index contributed by atoms with van der Waals surface area (Å²) in [5.41, 5.74) is 1.86. The summed E-state index contributed by atoms with van der Waals surface area (Å²) >= 11 is 9.68. The van der Waals surface area contributed by atoms with Crippen LogP contribution in [0, 0.1) is 0 Å². The maximum Gasteiger partial charge on any atom is 0.323 e. The fourth-order valence-corrected chi connectivity index (χ4v) is 4.78. The Kier molecular flexibility index (Phi) is 5.34. The third-order valence-corrected chi connectivity index (χ3v) is 6.73. The minimum Gasteiger partial charge on any atom is -0.480 e. The van der Waals surface area contributed by atoms with Crippen molar-refractivity contribution in [1.82, 2.24) is 4.57 Å². The topological polar surface area (TPSA) is 71.3 Å². The van der Waals surface area contributed by atoms with Gasteiger partial charge in [0, 0.05) is 22.5 Å². The molecule has 0 spiro atoms. The van der Waals surface area contributed by atoms with E-state index in [1.165, 1.54) is 19.3 Å². The molecule has 1 aliphatic carbocycles. The third-order valence-electron chi connectivity index (χ3n) is 5.39. The standard InChI is InChI=1S/C21H20BrClN2O3/c22-19-16(23)9-8-15-20(19)25(11-18(26)27)17-10-13(6-7-14(17)21(15)28)24-12-4-2-1-3-5-12/h6-10,12,24H,1-5,11H2,(H,26,27). The lowest BCUT2D eigenvalue weighted by Crippen LogP contribution is -2.22. The molecule has 28 heavy (non-hydrogen) atoms. The van der Waals surface area contributed by atoms with Gasteiger partial charge >= 0.3 is 5.97 Å². The second-order valence-electron chi connectivity index (χ2n) is 7.28. The van der Waals surface area contributed by atoms with Crippen molar-refractivity contribution >= 4 is 61.0 Å². The van der Waals surface area contributed by atoms with Crippen molar-refractivity contribution in [2.75, 3.05) is 5.32 Å². The van der Waals surface area contributed by atoms with Crippen LogP contribution in [-0.2, 0) is 11.3 Å². The molecule has 1 aromatic heterocycles. The Balaban J connectivity index is 1.95. The van der Waals surface area contributed by atoms with Gasteiger partial charge in [0.15, 0.2) is 5.43 Å². The molecule has 1 fully saturated rings. The summed E-state index contributed by atoms with van der Waals surface area (Å²) in [4.78, 5) is 24.6. The number of carboxylic acid groups (broad SMARTS) is 1. The Morgan fingerprint density at radius 3 is 2.61 bits per heavy atom. The van der Waals surface area contributed by atoms with Gasteiger partial charge in [0.2, 0.25) is 0 Å². The van der Waals surface area contributed by atoms with Gasteiger partial charge in [-0.05, 0) is 59.1 Å². The minimum atomic E-state index is -0.983. The molecule has 0 unspecified atom stereocenters. The van der Waals surface area contributed by atoms with Crippen molar-refractivity contribution in [3.8, 4) is 0 Å². The van der Waals surface area contributed by atoms with E-state index in [0.717, 1.165) is 18.5 Å². The predicted molar refractivity (Wildman–Crippen MR) is 117 cm³/mol. The van der Waals surface area contributed by atoms with Crippen molar-refractivity contribution in [3.05, 3.63) is 50.1 Å². The molecule has 1 saturated carbocycles. The Morgan fingerprint density at radius 1 is 1.18 bits per heavy atom. The fraction of sp³-hybridized carbons (Fsp3) is 0.333. The van der Waals surface area contributed by atoms with E-state index in [1.54, 1.807) is 22.8 Å². The number of rotatable bonds is 4. The number of aliphatic carboxylic acids is 1. The summed E-state index contributed by atoms with van der Waals surface area (Å²) in [6, 6.07) is 9.26. The number of nitrogens with one attached hydrogen (secondary N) is 1. The smallest absolute Gasteiger partial charge is 0.323 e. The first-order valence-electron chi connectivity index (χ1n) is 9.38. The minimum absolute atomic E-state index is 0.131. The highest BCUT2D eigenvalue weighted by Crippen LogP contribution is 2.33. The average Bonchev–Trinajstić information content (AvgIpc) is 2.68. The van der Waals surface area contributed by atoms with Gasteiger partial charge in [0.1, 0.15) is 6.54 Å². The van der Waals surface area contributed by atoms with Gasteiger partial charge in [-0.15, -0.1) is 0 Å². The number of carbonyl (C=O) groups is 1. The predicted octanol–water partition coefficient (Wildman–Crippen LogP) is 5.40. The van der Waals surface area contributed by atoms with E-state index in [-0.39, 0.29) is 12.0 Å². The van der Waals surface area contributed by atoms with Crippen molar-refractivity contribution in [2.24, 2.45) is 0 Å². The van der Waals surface area contributed by atoms with Crippen LogP contribution in [0.4, 0.5) is 5.69 Å². The molecule has 4 rings (SSSR count). The maximum atomic E-state index is 13.0. The normalized spacial score (nSPS) is 15.2. The number of pyridine rings is 1. The van der Waals surface area contributed by atoms with Gasteiger partial charge in [-0.2, -0.15) is 0 Å². The highest BCUT2D eigenvalue weighted by Gasteiger charge is 2.18. The fourth-order valence-electron chi connectivity index (χ4n) is 4.07. The number of nitrogens with zero attached hydrogens (tertiary/aromatic N) is 1. The summed E-state index contributed by atoms with van der Waals surface area (Å²) in [6.45, 7) is -0.265. The summed E-state index contributed by atoms with van der Waals surface area (Å²) in [5, 5.41) is 14.4. The largest absolute Gasteiger partial charge is 0.480 e. The molecular formula is C21H20BrClN2O3. The lowest BCUT2D eigenvalue weighted by atomic mass is 9.95. The molecule has 7 heteroatoms. The molecule has 1 heterocycles. The zero-order chi connectivity index (χ0) is 19.8. The van der Waals surface area contributed by atoms with E-state index in [2.05, 4.69) is 21.2 Å². The van der Waals surface area contributed by atoms with Crippen LogP contribution >= 0.6 is 27.5 Å². The van der Waals surface area contributed by atoms with Gasteiger partial charge in [-0.3, -0.25) is 9.59 Å². The monoisotopic (exact) mass is 462 g/mol. The molecule has 2 aromatic carbocycles. The maximum absolute atomic E-state index is 13.0. The molecule has 146 valence electrons. The van der Waals surface area contributed by atoms with Crippen LogP contribution in [0.2, 0.25) is 5.02 Å². The average molecular weight is 464 g/mol. The zero-order valence-electron chi connectivity index (χ0n) is 15.2. The van der Waals surface area contributed by atoms with E-state index in [4.69, 9.17) is 11.6 Å². The molecule has 1 aliphatic rings. The zero-order valence-corrected chi connectivity index (χ0v) is 17.5. The van der Waals surface area contributed by atoms with Crippen LogP contribution in [0.15, 0.2) is 39.6 Å². The van der Waals surface area contributed by atoms with E-state index in [9.17, 15) is 14.7 Å². The van der Waals surface area contributed by atoms with Gasteiger partial charge in [-0.1, -0.05) is 30.9 Å². The Hall–Kier alpha value is -2.05. The Morgan fingerprint density at radius 2 is 1.89 bits per heavy atom. The first-order chi connectivity index (χ1) is 13.5. The first kappa shape index (κ1) is 19.3. The number of hydrogen-bond donors (Lipinski definition) is 2. The number of hydrogen-bond acceptors (Lipinski definition) is 3. The van der Waals surface area contributed by atoms with Crippen LogP contribution < -0.4 is 10.7 Å². The number of aromatic nitrogens is 1. The Bertz CT molecular complexity index is 1140. The third kappa shape index (κ3) is 3.51. The highest BCUT2D eigenvalue weighted by molar-refractivity contribution is 9.10. The second-order valence-corrected chi connectivity index (χ2v) is 8.48. The number of benzene rings is 2. The molecule has 0 radical (unpaired) electrons. The lowest BCUT2D eigenvalue weighted by molar-refractivity contribution is -0.137. The number of halogens is 2. The van der Waals surface area contributed by atoms with Gasteiger partial charge < -0.3 is 15.0 Å². The molecule has 0 amide bonds. The second kappa shape index (κ2) is 7.76. The Labute approximate surface area is 175 Å². The molecule has 0 saturated heterocycles. The van der Waals surface area contributed by atoms with Crippen LogP contribution in [0.25, 0.3) is 21.8 Å². The summed E-state index contributed by atoms with van der Waals surface area (Å²) in [6.07, 6.45) is 5.95. The van der Waals surface area contributed by atoms with Crippen molar-refractivity contribution in [1.29, 1.82) is 0 Å². The number of carboxylic acids is 1. The van der Waals surface area contributed by atoms with Crippen LogP contribution in [-0.4, -0.2) is 21.7 Å².